The number of nitrogens with one attached hydrogen (secondary N) is 1. The van der Waals surface area contributed by atoms with Gasteiger partial charge in [-0.05, 0) is 20.4 Å². The van der Waals surface area contributed by atoms with Gasteiger partial charge in [-0.25, -0.2) is 0 Å². The molecule has 0 aromatic rings. The van der Waals surface area contributed by atoms with Gasteiger partial charge in [-0.2, -0.15) is 0 Å². The topological polar surface area (TPSA) is 21.3 Å². The number of hydrogen-bond acceptors (Lipinski definition) is 2. The van der Waals surface area contributed by atoms with Gasteiger partial charge in [0, 0.05) is 19.8 Å². The first-order valence-electron chi connectivity index (χ1n) is 3.79. The van der Waals surface area contributed by atoms with Crippen LogP contribution in [0.1, 0.15) is 13.3 Å². The minimum Gasteiger partial charge on any atom is -0.381 e. The molecule has 0 saturated heterocycles. The van der Waals surface area contributed by atoms with Gasteiger partial charge in [0.2, 0.25) is 0 Å². The lowest BCUT2D eigenvalue weighted by Crippen LogP contribution is -2.03. The summed E-state index contributed by atoms with van der Waals surface area (Å²) in [5, 5.41) is 3.03. The Labute approximate surface area is 63.3 Å². The normalized spacial score (nSPS) is 11.0. The highest BCUT2D eigenvalue weighted by Gasteiger charge is 1.78. The fourth-order valence-electron chi connectivity index (χ4n) is 0.615. The van der Waals surface area contributed by atoms with Crippen LogP contribution in [-0.4, -0.2) is 26.8 Å². The van der Waals surface area contributed by atoms with Crippen LogP contribution in [-0.2, 0) is 4.74 Å². The predicted molar refractivity (Wildman–Crippen MR) is 44.2 cm³/mol. The molecule has 0 unspecified atom stereocenters. The van der Waals surface area contributed by atoms with E-state index in [0.29, 0.717) is 0 Å². The van der Waals surface area contributed by atoms with Gasteiger partial charge in [0.05, 0.1) is 0 Å². The van der Waals surface area contributed by atoms with Crippen molar-refractivity contribution >= 4 is 0 Å². The largest absolute Gasteiger partial charge is 0.381 e. The molecule has 1 N–H and O–H groups in total. The maximum atomic E-state index is 5.14. The molecule has 0 rings (SSSR count). The smallest absolute Gasteiger partial charge is 0.0500 e. The molecule has 0 aliphatic heterocycles. The van der Waals surface area contributed by atoms with E-state index in [1.54, 1.807) is 0 Å². The fourth-order valence-corrected chi connectivity index (χ4v) is 0.615. The summed E-state index contributed by atoms with van der Waals surface area (Å²) in [5.74, 6) is 0. The molecule has 0 aromatic carbocycles. The van der Waals surface area contributed by atoms with Gasteiger partial charge in [-0.3, -0.25) is 0 Å². The first kappa shape index (κ1) is 9.66. The Morgan fingerprint density at radius 3 is 2.80 bits per heavy atom. The molecular formula is C8H17NO. The quantitative estimate of drug-likeness (QED) is 0.445. The Kier molecular flexibility index (Phi) is 8.37. The van der Waals surface area contributed by atoms with E-state index in [2.05, 4.69) is 17.5 Å². The molecule has 60 valence electrons. The fraction of sp³-hybridized carbons (Fsp3) is 0.750. The molecule has 10 heavy (non-hydrogen) atoms. The van der Waals surface area contributed by atoms with Crippen molar-refractivity contribution in [3.05, 3.63) is 12.2 Å². The van der Waals surface area contributed by atoms with Crippen molar-refractivity contribution in [2.45, 2.75) is 13.3 Å². The second-order valence-electron chi connectivity index (χ2n) is 2.01. The van der Waals surface area contributed by atoms with Gasteiger partial charge >= 0.3 is 0 Å². The molecule has 0 aliphatic carbocycles. The monoisotopic (exact) mass is 143 g/mol. The SMILES string of the molecule is CCOCC/C=C\CNC. The minimum absolute atomic E-state index is 0.819. The Hall–Kier alpha value is -0.340. The molecule has 0 atom stereocenters. The third-order valence-electron chi connectivity index (χ3n) is 1.12. The van der Waals surface area contributed by atoms with Gasteiger partial charge in [0.25, 0.3) is 0 Å². The Morgan fingerprint density at radius 2 is 2.20 bits per heavy atom. The van der Waals surface area contributed by atoms with Gasteiger partial charge < -0.3 is 10.1 Å². The van der Waals surface area contributed by atoms with Crippen LogP contribution in [0.2, 0.25) is 0 Å². The van der Waals surface area contributed by atoms with Crippen LogP contribution in [0, 0.1) is 0 Å². The highest BCUT2D eigenvalue weighted by atomic mass is 16.5. The average Bonchev–Trinajstić information content (AvgIpc) is 1.97. The number of rotatable bonds is 6. The molecule has 0 radical (unpaired) electrons. The molecule has 2 heteroatoms. The summed E-state index contributed by atoms with van der Waals surface area (Å²) >= 11 is 0. The number of hydrogen-bond donors (Lipinski definition) is 1. The molecule has 0 bridgehead atoms. The van der Waals surface area contributed by atoms with Crippen molar-refractivity contribution < 1.29 is 4.74 Å². The lowest BCUT2D eigenvalue weighted by molar-refractivity contribution is 0.152. The van der Waals surface area contributed by atoms with Crippen LogP contribution in [0.15, 0.2) is 12.2 Å². The second kappa shape index (κ2) is 8.66. The zero-order valence-corrected chi connectivity index (χ0v) is 6.89. The standard InChI is InChI=1S/C8H17NO/c1-3-10-8-6-4-5-7-9-2/h4-5,9H,3,6-8H2,1-2H3/b5-4-. The van der Waals surface area contributed by atoms with Crippen LogP contribution < -0.4 is 5.32 Å². The van der Waals surface area contributed by atoms with Crippen molar-refractivity contribution in [2.75, 3.05) is 26.8 Å². The summed E-state index contributed by atoms with van der Waals surface area (Å²) in [4.78, 5) is 0. The highest BCUT2D eigenvalue weighted by Crippen LogP contribution is 1.83. The lowest BCUT2D eigenvalue weighted by atomic mass is 10.4. The van der Waals surface area contributed by atoms with Crippen LogP contribution in [0.5, 0.6) is 0 Å². The van der Waals surface area contributed by atoms with Crippen molar-refractivity contribution in [1.82, 2.24) is 5.32 Å². The molecule has 0 heterocycles. The van der Waals surface area contributed by atoms with E-state index < -0.39 is 0 Å². The van der Waals surface area contributed by atoms with Crippen molar-refractivity contribution in [1.29, 1.82) is 0 Å². The average molecular weight is 143 g/mol. The molecule has 0 saturated carbocycles. The first-order valence-corrected chi connectivity index (χ1v) is 3.79. The molecule has 0 spiro atoms. The summed E-state index contributed by atoms with van der Waals surface area (Å²) in [7, 11) is 1.94. The molecule has 0 aromatic heterocycles. The summed E-state index contributed by atoms with van der Waals surface area (Å²) in [5.41, 5.74) is 0. The summed E-state index contributed by atoms with van der Waals surface area (Å²) in [6.45, 7) is 4.63. The predicted octanol–water partition coefficient (Wildman–Crippen LogP) is 1.19. The van der Waals surface area contributed by atoms with Crippen molar-refractivity contribution in [3.63, 3.8) is 0 Å². The number of ether oxygens (including phenoxy) is 1. The zero-order chi connectivity index (χ0) is 7.66. The van der Waals surface area contributed by atoms with Gasteiger partial charge in [0.15, 0.2) is 0 Å². The molecular weight excluding hydrogens is 126 g/mol. The molecule has 2 nitrogen and oxygen atoms in total. The van der Waals surface area contributed by atoms with Crippen molar-refractivity contribution in [2.24, 2.45) is 0 Å². The minimum atomic E-state index is 0.819. The van der Waals surface area contributed by atoms with Gasteiger partial charge in [0.1, 0.15) is 0 Å². The Morgan fingerprint density at radius 1 is 1.40 bits per heavy atom. The molecule has 0 aliphatic rings. The first-order chi connectivity index (χ1) is 4.91. The van der Waals surface area contributed by atoms with Gasteiger partial charge in [-0.1, -0.05) is 12.2 Å². The van der Waals surface area contributed by atoms with E-state index in [-0.39, 0.29) is 0 Å². The van der Waals surface area contributed by atoms with Crippen LogP contribution in [0.4, 0.5) is 0 Å². The summed E-state index contributed by atoms with van der Waals surface area (Å²) < 4.78 is 5.14. The summed E-state index contributed by atoms with van der Waals surface area (Å²) in [6, 6.07) is 0. The van der Waals surface area contributed by atoms with E-state index in [1.165, 1.54) is 0 Å². The van der Waals surface area contributed by atoms with E-state index in [4.69, 9.17) is 4.74 Å². The third kappa shape index (κ3) is 7.66. The Bertz CT molecular complexity index is 81.3. The molecule has 0 fully saturated rings. The third-order valence-corrected chi connectivity index (χ3v) is 1.12. The van der Waals surface area contributed by atoms with Gasteiger partial charge in [-0.15, -0.1) is 0 Å². The van der Waals surface area contributed by atoms with Crippen LogP contribution >= 0.6 is 0 Å². The van der Waals surface area contributed by atoms with E-state index in [1.807, 2.05) is 14.0 Å². The van der Waals surface area contributed by atoms with Crippen LogP contribution in [0.25, 0.3) is 0 Å². The van der Waals surface area contributed by atoms with E-state index >= 15 is 0 Å². The Balaban J connectivity index is 2.88. The zero-order valence-electron chi connectivity index (χ0n) is 6.89. The maximum Gasteiger partial charge on any atom is 0.0500 e. The molecule has 0 amide bonds. The second-order valence-corrected chi connectivity index (χ2v) is 2.01. The summed E-state index contributed by atoms with van der Waals surface area (Å²) in [6.07, 6.45) is 5.26. The highest BCUT2D eigenvalue weighted by molar-refractivity contribution is 4.82. The lowest BCUT2D eigenvalue weighted by Gasteiger charge is -1.94. The van der Waals surface area contributed by atoms with E-state index in [0.717, 1.165) is 26.2 Å². The van der Waals surface area contributed by atoms with Crippen LogP contribution in [0.3, 0.4) is 0 Å². The maximum absolute atomic E-state index is 5.14. The van der Waals surface area contributed by atoms with Crippen molar-refractivity contribution in [3.8, 4) is 0 Å². The van der Waals surface area contributed by atoms with E-state index in [9.17, 15) is 0 Å². The number of likely N-dealkylation sites (N-methyl/N-ethyl adjacent to an activating group) is 1.